The molecule has 0 aromatic heterocycles. The summed E-state index contributed by atoms with van der Waals surface area (Å²) in [5.41, 5.74) is 1.24. The molecule has 2 heterocycles. The fraction of sp³-hybridized carbons (Fsp3) is 0.333. The Morgan fingerprint density at radius 3 is 3.56 bits per heavy atom. The lowest BCUT2D eigenvalue weighted by Gasteiger charge is -2.07. The van der Waals surface area contributed by atoms with Crippen LogP contribution in [0.1, 0.15) is 0 Å². The maximum Gasteiger partial charge on any atom is 0.128 e. The average molecular weight is 141 g/mol. The number of nitrogens with one attached hydrogen (secondary N) is 1. The molecule has 0 saturated carbocycles. The molecule has 9 heavy (non-hydrogen) atoms. The average Bonchev–Trinajstić information content (AvgIpc) is 2.33. The largest absolute Gasteiger partial charge is 0.495 e. The molecule has 0 aromatic rings. The highest BCUT2D eigenvalue weighted by atomic mass is 32.2. The summed E-state index contributed by atoms with van der Waals surface area (Å²) in [6, 6.07) is 0. The first kappa shape index (κ1) is 5.23. The van der Waals surface area contributed by atoms with Crippen molar-refractivity contribution in [1.29, 1.82) is 0 Å². The first-order valence-electron chi connectivity index (χ1n) is 2.85. The van der Waals surface area contributed by atoms with Gasteiger partial charge in [-0.15, -0.1) is 11.8 Å². The van der Waals surface area contributed by atoms with Crippen LogP contribution in [0.4, 0.5) is 0 Å². The third kappa shape index (κ3) is 0.812. The zero-order valence-corrected chi connectivity index (χ0v) is 5.70. The number of thioether (sulfide) groups is 1. The zero-order valence-electron chi connectivity index (χ0n) is 4.89. The van der Waals surface area contributed by atoms with Gasteiger partial charge in [0.1, 0.15) is 6.61 Å². The van der Waals surface area contributed by atoms with Crippen molar-refractivity contribution in [1.82, 2.24) is 5.32 Å². The van der Waals surface area contributed by atoms with Crippen LogP contribution in [-0.4, -0.2) is 12.5 Å². The predicted octanol–water partition coefficient (Wildman–Crippen LogP) is 1.04. The van der Waals surface area contributed by atoms with Gasteiger partial charge in [-0.1, -0.05) is 0 Å². The van der Waals surface area contributed by atoms with Crippen molar-refractivity contribution < 1.29 is 4.74 Å². The molecule has 0 fully saturated rings. The molecule has 1 N–H and O–H groups in total. The van der Waals surface area contributed by atoms with Crippen LogP contribution in [0.25, 0.3) is 0 Å². The quantitative estimate of drug-likeness (QED) is 0.544. The molecular weight excluding hydrogens is 134 g/mol. The minimum Gasteiger partial charge on any atom is -0.495 e. The number of rotatable bonds is 0. The summed E-state index contributed by atoms with van der Waals surface area (Å²) in [6.07, 6.45) is 3.75. The molecule has 2 aliphatic heterocycles. The van der Waals surface area contributed by atoms with E-state index in [1.54, 1.807) is 6.26 Å². The summed E-state index contributed by atoms with van der Waals surface area (Å²) >= 11 is 1.83. The van der Waals surface area contributed by atoms with Crippen LogP contribution in [0.5, 0.6) is 0 Å². The third-order valence-electron chi connectivity index (χ3n) is 1.35. The summed E-state index contributed by atoms with van der Waals surface area (Å²) in [5, 5.41) is 3.22. The first-order chi connectivity index (χ1) is 4.47. The van der Waals surface area contributed by atoms with Crippen LogP contribution in [0.3, 0.4) is 0 Å². The summed E-state index contributed by atoms with van der Waals surface area (Å²) < 4.78 is 5.07. The molecule has 0 spiro atoms. The molecule has 0 radical (unpaired) electrons. The molecule has 2 aliphatic rings. The Morgan fingerprint density at radius 2 is 2.67 bits per heavy atom. The summed E-state index contributed by atoms with van der Waals surface area (Å²) in [6.45, 7) is 0.721. The topological polar surface area (TPSA) is 21.3 Å². The van der Waals surface area contributed by atoms with Gasteiger partial charge in [0.25, 0.3) is 0 Å². The number of hydrogen-bond donors (Lipinski definition) is 1. The van der Waals surface area contributed by atoms with E-state index in [0.29, 0.717) is 0 Å². The highest BCUT2D eigenvalue weighted by molar-refractivity contribution is 8.03. The van der Waals surface area contributed by atoms with E-state index in [4.69, 9.17) is 4.74 Å². The van der Waals surface area contributed by atoms with Crippen molar-refractivity contribution >= 4 is 11.8 Å². The van der Waals surface area contributed by atoms with E-state index in [0.717, 1.165) is 12.5 Å². The lowest BCUT2D eigenvalue weighted by Crippen LogP contribution is -2.12. The van der Waals surface area contributed by atoms with Crippen LogP contribution in [0.2, 0.25) is 0 Å². The number of ether oxygens (including phenoxy) is 1. The Balaban J connectivity index is 2.28. The maximum absolute atomic E-state index is 5.07. The number of hydrogen-bond acceptors (Lipinski definition) is 3. The Morgan fingerprint density at radius 1 is 1.67 bits per heavy atom. The van der Waals surface area contributed by atoms with Crippen LogP contribution in [0.15, 0.2) is 22.9 Å². The van der Waals surface area contributed by atoms with Crippen molar-refractivity contribution in [2.45, 2.75) is 0 Å². The molecule has 0 aromatic carbocycles. The van der Waals surface area contributed by atoms with Crippen LogP contribution < -0.4 is 5.32 Å². The molecule has 48 valence electrons. The van der Waals surface area contributed by atoms with Crippen LogP contribution in [0, 0.1) is 0 Å². The smallest absolute Gasteiger partial charge is 0.128 e. The van der Waals surface area contributed by atoms with Gasteiger partial charge in [0.15, 0.2) is 0 Å². The fourth-order valence-corrected chi connectivity index (χ4v) is 1.75. The van der Waals surface area contributed by atoms with Crippen molar-refractivity contribution in [2.24, 2.45) is 0 Å². The van der Waals surface area contributed by atoms with Crippen molar-refractivity contribution in [3.8, 4) is 0 Å². The van der Waals surface area contributed by atoms with Gasteiger partial charge in [0.05, 0.1) is 17.8 Å². The van der Waals surface area contributed by atoms with Gasteiger partial charge >= 0.3 is 0 Å². The molecule has 0 amide bonds. The highest BCUT2D eigenvalue weighted by Crippen LogP contribution is 2.27. The van der Waals surface area contributed by atoms with E-state index in [1.165, 1.54) is 10.6 Å². The summed E-state index contributed by atoms with van der Waals surface area (Å²) in [5.74, 6) is 0.998. The van der Waals surface area contributed by atoms with Gasteiger partial charge < -0.3 is 10.1 Å². The molecule has 0 saturated heterocycles. The lowest BCUT2D eigenvalue weighted by molar-refractivity contribution is 0.270. The molecule has 2 rings (SSSR count). The van der Waals surface area contributed by atoms with E-state index >= 15 is 0 Å². The predicted molar refractivity (Wildman–Crippen MR) is 37.7 cm³/mol. The minimum absolute atomic E-state index is 0.721. The molecule has 2 nitrogen and oxygen atoms in total. The SMILES string of the molecule is C1=CC2=C(CO1)NCS2. The first-order valence-corrected chi connectivity index (χ1v) is 3.83. The van der Waals surface area contributed by atoms with E-state index in [9.17, 15) is 0 Å². The third-order valence-corrected chi connectivity index (χ3v) is 2.34. The Bertz CT molecular complexity index is 185. The second-order valence-electron chi connectivity index (χ2n) is 1.92. The van der Waals surface area contributed by atoms with Gasteiger partial charge in [0.2, 0.25) is 0 Å². The van der Waals surface area contributed by atoms with Gasteiger partial charge in [-0.3, -0.25) is 0 Å². The molecule has 0 unspecified atom stereocenters. The van der Waals surface area contributed by atoms with E-state index < -0.39 is 0 Å². The molecule has 0 atom stereocenters. The lowest BCUT2D eigenvalue weighted by atomic mass is 10.4. The van der Waals surface area contributed by atoms with E-state index in [-0.39, 0.29) is 0 Å². The minimum atomic E-state index is 0.721. The zero-order chi connectivity index (χ0) is 6.10. The molecule has 0 bridgehead atoms. The van der Waals surface area contributed by atoms with Gasteiger partial charge in [-0.05, 0) is 6.08 Å². The maximum atomic E-state index is 5.07. The standard InChI is InChI=1S/C6H7NOS/c1-2-8-3-5-6(1)9-4-7-5/h1-2,7H,3-4H2. The molecular formula is C6H7NOS. The Hall–Kier alpha value is -0.570. The Kier molecular flexibility index (Phi) is 1.16. The molecule has 0 aliphatic carbocycles. The van der Waals surface area contributed by atoms with Crippen LogP contribution >= 0.6 is 11.8 Å². The van der Waals surface area contributed by atoms with E-state index in [1.807, 2.05) is 17.8 Å². The van der Waals surface area contributed by atoms with E-state index in [2.05, 4.69) is 5.32 Å². The normalized spacial score (nSPS) is 23.1. The second-order valence-corrected chi connectivity index (χ2v) is 2.94. The molecule has 3 heteroatoms. The summed E-state index contributed by atoms with van der Waals surface area (Å²) in [7, 11) is 0. The van der Waals surface area contributed by atoms with Crippen molar-refractivity contribution in [2.75, 3.05) is 12.5 Å². The fourth-order valence-electron chi connectivity index (χ4n) is 0.887. The second kappa shape index (κ2) is 1.99. The van der Waals surface area contributed by atoms with Gasteiger partial charge in [-0.2, -0.15) is 0 Å². The van der Waals surface area contributed by atoms with Gasteiger partial charge in [0, 0.05) is 4.91 Å². The Labute approximate surface area is 58.0 Å². The summed E-state index contributed by atoms with van der Waals surface area (Å²) in [4.78, 5) is 1.33. The van der Waals surface area contributed by atoms with Crippen molar-refractivity contribution in [3.63, 3.8) is 0 Å². The van der Waals surface area contributed by atoms with Crippen molar-refractivity contribution in [3.05, 3.63) is 22.9 Å². The monoisotopic (exact) mass is 141 g/mol. The number of allylic oxidation sites excluding steroid dienone is 1. The van der Waals surface area contributed by atoms with Gasteiger partial charge in [-0.25, -0.2) is 0 Å². The van der Waals surface area contributed by atoms with Crippen LogP contribution in [-0.2, 0) is 4.74 Å². The highest BCUT2D eigenvalue weighted by Gasteiger charge is 2.14.